The van der Waals surface area contributed by atoms with Gasteiger partial charge < -0.3 is 19.9 Å². The maximum Gasteiger partial charge on any atom is 0.257 e. The van der Waals surface area contributed by atoms with Gasteiger partial charge in [0.15, 0.2) is 5.54 Å². The second kappa shape index (κ2) is 8.58. The second-order valence-electron chi connectivity index (χ2n) is 9.16. The van der Waals surface area contributed by atoms with Gasteiger partial charge in [0, 0.05) is 34.6 Å². The number of hydrogen-bond donors (Lipinski definition) is 2. The molecule has 1 aliphatic carbocycles. The van der Waals surface area contributed by atoms with Gasteiger partial charge in [0.25, 0.3) is 11.8 Å². The zero-order chi connectivity index (χ0) is 23.0. The van der Waals surface area contributed by atoms with Crippen LogP contribution in [0.1, 0.15) is 67.1 Å². The molecule has 5 rings (SSSR count). The lowest BCUT2D eigenvalue weighted by molar-refractivity contribution is -0.131. The maximum absolute atomic E-state index is 14.3. The number of hydrogen-bond acceptors (Lipinski definition) is 3. The largest absolute Gasteiger partial charge is 0.497 e. The van der Waals surface area contributed by atoms with Crippen molar-refractivity contribution in [3.8, 4) is 5.75 Å². The fourth-order valence-electron chi connectivity index (χ4n) is 5.55. The first kappa shape index (κ1) is 21.6. The lowest BCUT2D eigenvalue weighted by Gasteiger charge is -2.38. The van der Waals surface area contributed by atoms with Gasteiger partial charge in [0.2, 0.25) is 0 Å². The normalized spacial score (nSPS) is 20.8. The van der Waals surface area contributed by atoms with Gasteiger partial charge in [-0.3, -0.25) is 9.59 Å². The van der Waals surface area contributed by atoms with Crippen LogP contribution in [0.2, 0.25) is 0 Å². The van der Waals surface area contributed by atoms with Crippen LogP contribution in [0.3, 0.4) is 0 Å². The summed E-state index contributed by atoms with van der Waals surface area (Å²) < 4.78 is 5.41. The lowest BCUT2D eigenvalue weighted by Crippen LogP contribution is -2.57. The van der Waals surface area contributed by atoms with Crippen LogP contribution in [0, 0.1) is 0 Å². The maximum atomic E-state index is 14.3. The van der Waals surface area contributed by atoms with Crippen molar-refractivity contribution >= 4 is 22.7 Å². The smallest absolute Gasteiger partial charge is 0.257 e. The van der Waals surface area contributed by atoms with Crippen molar-refractivity contribution in [1.82, 2.24) is 15.2 Å². The Morgan fingerprint density at radius 1 is 1.15 bits per heavy atom. The Morgan fingerprint density at radius 3 is 2.70 bits per heavy atom. The average Bonchev–Trinajstić information content (AvgIpc) is 3.37. The molecule has 0 radical (unpaired) electrons. The second-order valence-corrected chi connectivity index (χ2v) is 9.16. The van der Waals surface area contributed by atoms with E-state index in [0.29, 0.717) is 17.8 Å². The Bertz CT molecular complexity index is 1190. The van der Waals surface area contributed by atoms with E-state index in [1.807, 2.05) is 55.5 Å². The molecule has 6 nitrogen and oxygen atoms in total. The van der Waals surface area contributed by atoms with Crippen LogP contribution in [0.15, 0.2) is 48.5 Å². The molecule has 2 aromatic carbocycles. The predicted octanol–water partition coefficient (Wildman–Crippen LogP) is 4.73. The van der Waals surface area contributed by atoms with Gasteiger partial charge in [-0.2, -0.15) is 0 Å². The molecular weight excluding hydrogens is 414 g/mol. The minimum Gasteiger partial charge on any atom is -0.497 e. The molecule has 1 aromatic heterocycles. The zero-order valence-electron chi connectivity index (χ0n) is 19.3. The number of fused-ring (bicyclic) bond motifs is 2. The number of aromatic nitrogens is 1. The monoisotopic (exact) mass is 445 g/mol. The first-order valence-corrected chi connectivity index (χ1v) is 12.0. The van der Waals surface area contributed by atoms with Crippen LogP contribution in [0.5, 0.6) is 5.75 Å². The highest BCUT2D eigenvalue weighted by atomic mass is 16.5. The molecule has 1 unspecified atom stereocenters. The number of amides is 2. The average molecular weight is 446 g/mol. The topological polar surface area (TPSA) is 74.4 Å². The summed E-state index contributed by atoms with van der Waals surface area (Å²) in [4.78, 5) is 33.1. The molecule has 2 amide bonds. The van der Waals surface area contributed by atoms with E-state index < -0.39 is 5.54 Å². The number of rotatable bonds is 6. The minimum atomic E-state index is -1.23. The molecule has 6 heteroatoms. The summed E-state index contributed by atoms with van der Waals surface area (Å²) >= 11 is 0. The van der Waals surface area contributed by atoms with E-state index in [9.17, 15) is 9.59 Å². The van der Waals surface area contributed by atoms with Crippen molar-refractivity contribution in [2.24, 2.45) is 0 Å². The van der Waals surface area contributed by atoms with Crippen molar-refractivity contribution in [1.29, 1.82) is 0 Å². The van der Waals surface area contributed by atoms with Gasteiger partial charge in [-0.15, -0.1) is 0 Å². The van der Waals surface area contributed by atoms with Gasteiger partial charge in [0.1, 0.15) is 5.75 Å². The van der Waals surface area contributed by atoms with Crippen molar-refractivity contribution in [2.45, 2.75) is 57.0 Å². The SMILES string of the molecule is CCCN1C(=O)c2ccccc2C1(C(=O)NC1CCCCC1)c1cc2cc(OC)ccc2[nH]1. The predicted molar refractivity (Wildman–Crippen MR) is 128 cm³/mol. The van der Waals surface area contributed by atoms with Crippen molar-refractivity contribution in [3.05, 3.63) is 65.4 Å². The van der Waals surface area contributed by atoms with Crippen molar-refractivity contribution in [3.63, 3.8) is 0 Å². The fourth-order valence-corrected chi connectivity index (χ4v) is 5.55. The van der Waals surface area contributed by atoms with E-state index in [1.165, 1.54) is 6.42 Å². The highest BCUT2D eigenvalue weighted by molar-refractivity contribution is 6.09. The van der Waals surface area contributed by atoms with Crippen LogP contribution >= 0.6 is 0 Å². The molecule has 33 heavy (non-hydrogen) atoms. The van der Waals surface area contributed by atoms with E-state index in [1.54, 1.807) is 12.0 Å². The highest BCUT2D eigenvalue weighted by Crippen LogP contribution is 2.45. The highest BCUT2D eigenvalue weighted by Gasteiger charge is 2.57. The lowest BCUT2D eigenvalue weighted by atomic mass is 9.84. The Morgan fingerprint density at radius 2 is 1.94 bits per heavy atom. The molecular formula is C27H31N3O3. The molecule has 2 aliphatic rings. The summed E-state index contributed by atoms with van der Waals surface area (Å²) in [5.41, 5.74) is 1.74. The van der Waals surface area contributed by atoms with Crippen LogP contribution in [-0.2, 0) is 10.3 Å². The summed E-state index contributed by atoms with van der Waals surface area (Å²) in [5, 5.41) is 4.29. The number of nitrogens with one attached hydrogen (secondary N) is 2. The number of methoxy groups -OCH3 is 1. The third kappa shape index (κ3) is 3.39. The zero-order valence-corrected chi connectivity index (χ0v) is 19.3. The molecule has 0 saturated heterocycles. The standard InChI is InChI=1S/C27H31N3O3/c1-3-15-30-25(31)21-11-7-8-12-22(21)27(30,26(32)28-19-9-5-4-6-10-19)24-17-18-16-20(33-2)13-14-23(18)29-24/h7-8,11-14,16-17,19,29H,3-6,9-10,15H2,1-2H3,(H,28,32). The molecule has 1 atom stereocenters. The first-order valence-electron chi connectivity index (χ1n) is 12.0. The minimum absolute atomic E-state index is 0.0949. The number of nitrogens with zero attached hydrogens (tertiary/aromatic N) is 1. The molecule has 3 aromatic rings. The number of carbonyl (C=O) groups excluding carboxylic acids is 2. The molecule has 2 heterocycles. The van der Waals surface area contributed by atoms with Gasteiger partial charge in [-0.1, -0.05) is 44.4 Å². The third-order valence-corrected chi connectivity index (χ3v) is 7.13. The van der Waals surface area contributed by atoms with Crippen molar-refractivity contribution in [2.75, 3.05) is 13.7 Å². The molecule has 172 valence electrons. The Balaban J connectivity index is 1.71. The number of ether oxygens (including phenoxy) is 1. The Labute approximate surface area is 194 Å². The number of benzene rings is 2. The Hall–Kier alpha value is -3.28. The molecule has 0 spiro atoms. The van der Waals surface area contributed by atoms with Gasteiger partial charge in [0.05, 0.1) is 12.8 Å². The molecule has 1 fully saturated rings. The van der Waals surface area contributed by atoms with Crippen LogP contribution in [0.4, 0.5) is 0 Å². The van der Waals surface area contributed by atoms with Crippen LogP contribution < -0.4 is 10.1 Å². The quantitative estimate of drug-likeness (QED) is 0.576. The molecule has 1 aliphatic heterocycles. The summed E-state index contributed by atoms with van der Waals surface area (Å²) in [6.07, 6.45) is 6.18. The van der Waals surface area contributed by atoms with Crippen LogP contribution in [-0.4, -0.2) is 41.4 Å². The van der Waals surface area contributed by atoms with E-state index in [4.69, 9.17) is 4.74 Å². The fraction of sp³-hybridized carbons (Fsp3) is 0.407. The summed E-state index contributed by atoms with van der Waals surface area (Å²) in [6.45, 7) is 2.53. The summed E-state index contributed by atoms with van der Waals surface area (Å²) in [5.74, 6) is 0.532. The third-order valence-electron chi connectivity index (χ3n) is 7.13. The number of H-pyrrole nitrogens is 1. The van der Waals surface area contributed by atoms with E-state index in [-0.39, 0.29) is 17.9 Å². The van der Waals surface area contributed by atoms with E-state index >= 15 is 0 Å². The van der Waals surface area contributed by atoms with Crippen LogP contribution in [0.25, 0.3) is 10.9 Å². The first-order chi connectivity index (χ1) is 16.1. The Kier molecular flexibility index (Phi) is 5.60. The van der Waals surface area contributed by atoms with Crippen molar-refractivity contribution < 1.29 is 14.3 Å². The molecule has 1 saturated carbocycles. The number of aromatic amines is 1. The van der Waals surface area contributed by atoms with E-state index in [0.717, 1.165) is 54.3 Å². The van der Waals surface area contributed by atoms with Gasteiger partial charge >= 0.3 is 0 Å². The molecule has 0 bridgehead atoms. The summed E-state index contributed by atoms with van der Waals surface area (Å²) in [6, 6.07) is 15.5. The van der Waals surface area contributed by atoms with Gasteiger partial charge in [-0.25, -0.2) is 0 Å². The van der Waals surface area contributed by atoms with E-state index in [2.05, 4.69) is 10.3 Å². The number of carbonyl (C=O) groups is 2. The van der Waals surface area contributed by atoms with Gasteiger partial charge in [-0.05, 0) is 49.6 Å². The summed E-state index contributed by atoms with van der Waals surface area (Å²) in [7, 11) is 1.64. The molecule has 2 N–H and O–H groups in total.